The van der Waals surface area contributed by atoms with Crippen LogP contribution in [0.3, 0.4) is 0 Å². The minimum absolute atomic E-state index is 0.00538. The summed E-state index contributed by atoms with van der Waals surface area (Å²) >= 11 is 1.57. The van der Waals surface area contributed by atoms with Crippen molar-refractivity contribution in [2.24, 2.45) is 0 Å². The zero-order chi connectivity index (χ0) is 20.2. The van der Waals surface area contributed by atoms with Crippen LogP contribution < -0.4 is 5.32 Å². The number of aromatic amines is 1. The van der Waals surface area contributed by atoms with Gasteiger partial charge >= 0.3 is 0 Å². The van der Waals surface area contributed by atoms with E-state index in [1.54, 1.807) is 22.8 Å². The molecular weight excluding hydrogens is 384 g/mol. The summed E-state index contributed by atoms with van der Waals surface area (Å²) in [4.78, 5) is 24.3. The second-order valence-electron chi connectivity index (χ2n) is 6.81. The summed E-state index contributed by atoms with van der Waals surface area (Å²) in [7, 11) is 0. The Balaban J connectivity index is 1.30. The molecule has 0 spiro atoms. The number of carbonyl (C=O) groups excluding carboxylic acids is 1. The molecule has 0 radical (unpaired) electrons. The fourth-order valence-electron chi connectivity index (χ4n) is 3.07. The minimum atomic E-state index is -0.0746. The Morgan fingerprint density at radius 3 is 2.69 bits per heavy atom. The van der Waals surface area contributed by atoms with Crippen molar-refractivity contribution in [2.45, 2.75) is 25.1 Å². The quantitative estimate of drug-likeness (QED) is 0.487. The molecule has 2 unspecified atom stereocenters. The van der Waals surface area contributed by atoms with Crippen LogP contribution in [0.5, 0.6) is 0 Å². The molecule has 0 bridgehead atoms. The number of imidazole rings is 1. The van der Waals surface area contributed by atoms with Crippen molar-refractivity contribution in [2.75, 3.05) is 5.75 Å². The number of aromatic nitrogens is 5. The van der Waals surface area contributed by atoms with Gasteiger partial charge in [-0.15, -0.1) is 11.8 Å². The fourth-order valence-corrected chi connectivity index (χ4v) is 3.82. The number of H-pyrrole nitrogens is 1. The van der Waals surface area contributed by atoms with E-state index in [0.717, 1.165) is 28.1 Å². The lowest BCUT2D eigenvalue weighted by Crippen LogP contribution is -2.28. The van der Waals surface area contributed by atoms with E-state index in [-0.39, 0.29) is 17.2 Å². The normalized spacial score (nSPS) is 13.3. The summed E-state index contributed by atoms with van der Waals surface area (Å²) in [5.41, 5.74) is 3.93. The molecule has 0 saturated heterocycles. The van der Waals surface area contributed by atoms with Gasteiger partial charge in [-0.1, -0.05) is 24.3 Å². The van der Waals surface area contributed by atoms with E-state index in [2.05, 4.69) is 32.3 Å². The summed E-state index contributed by atoms with van der Waals surface area (Å²) in [5, 5.41) is 7.28. The van der Waals surface area contributed by atoms with Crippen LogP contribution in [-0.2, 0) is 4.79 Å². The molecule has 2 aromatic heterocycles. The Morgan fingerprint density at radius 2 is 1.97 bits per heavy atom. The molecule has 2 heterocycles. The molecule has 0 aliphatic carbocycles. The van der Waals surface area contributed by atoms with Crippen molar-refractivity contribution in [3.05, 3.63) is 72.6 Å². The van der Waals surface area contributed by atoms with Crippen LogP contribution in [0, 0.1) is 0 Å². The Kier molecular flexibility index (Phi) is 5.62. The number of nitrogens with zero attached hydrogens (tertiary/aromatic N) is 4. The smallest absolute Gasteiger partial charge is 0.230 e. The molecule has 2 aromatic carbocycles. The van der Waals surface area contributed by atoms with Crippen LogP contribution in [0.1, 0.15) is 36.5 Å². The lowest BCUT2D eigenvalue weighted by molar-refractivity contribution is -0.119. The maximum atomic E-state index is 12.4. The molecule has 2 atom stereocenters. The molecule has 0 fully saturated rings. The average molecular weight is 407 g/mol. The van der Waals surface area contributed by atoms with Crippen LogP contribution in [0.4, 0.5) is 0 Å². The lowest BCUT2D eigenvalue weighted by Gasteiger charge is -2.15. The van der Waals surface area contributed by atoms with Gasteiger partial charge < -0.3 is 10.3 Å². The molecule has 8 heteroatoms. The van der Waals surface area contributed by atoms with Crippen molar-refractivity contribution in [3.8, 4) is 5.69 Å². The van der Waals surface area contributed by atoms with Crippen LogP contribution in [0.15, 0.2) is 61.2 Å². The van der Waals surface area contributed by atoms with E-state index >= 15 is 0 Å². The number of hydrogen-bond donors (Lipinski definition) is 2. The SMILES string of the molecule is CC(NC(=O)CSC(C)c1nc2ccccc2[nH]1)c1ccc(-n2cncn2)cc1. The maximum Gasteiger partial charge on any atom is 0.230 e. The number of thioether (sulfide) groups is 1. The van der Waals surface area contributed by atoms with Gasteiger partial charge in [0.05, 0.1) is 33.8 Å². The summed E-state index contributed by atoms with van der Waals surface area (Å²) in [6.45, 7) is 4.04. The first kappa shape index (κ1) is 19.2. The summed E-state index contributed by atoms with van der Waals surface area (Å²) in [6.07, 6.45) is 3.15. The second kappa shape index (κ2) is 8.48. The highest BCUT2D eigenvalue weighted by Crippen LogP contribution is 2.27. The van der Waals surface area contributed by atoms with Gasteiger partial charge in [0, 0.05) is 0 Å². The minimum Gasteiger partial charge on any atom is -0.349 e. The number of rotatable bonds is 7. The molecule has 4 rings (SSSR count). The summed E-state index contributed by atoms with van der Waals surface area (Å²) in [5.74, 6) is 1.27. The van der Waals surface area contributed by atoms with Gasteiger partial charge in [-0.2, -0.15) is 5.10 Å². The summed E-state index contributed by atoms with van der Waals surface area (Å²) < 4.78 is 1.70. The Labute approximate surface area is 173 Å². The van der Waals surface area contributed by atoms with Crippen molar-refractivity contribution >= 4 is 28.7 Å². The van der Waals surface area contributed by atoms with E-state index in [4.69, 9.17) is 0 Å². The largest absolute Gasteiger partial charge is 0.349 e. The van der Waals surface area contributed by atoms with Gasteiger partial charge in [0.25, 0.3) is 0 Å². The highest BCUT2D eigenvalue weighted by atomic mass is 32.2. The number of hydrogen-bond acceptors (Lipinski definition) is 5. The average Bonchev–Trinajstić information content (AvgIpc) is 3.42. The van der Waals surface area contributed by atoms with Crippen molar-refractivity contribution in [1.82, 2.24) is 30.0 Å². The number of benzene rings is 2. The monoisotopic (exact) mass is 406 g/mol. The van der Waals surface area contributed by atoms with E-state index < -0.39 is 0 Å². The Morgan fingerprint density at radius 1 is 1.17 bits per heavy atom. The highest BCUT2D eigenvalue weighted by Gasteiger charge is 2.15. The first-order valence-electron chi connectivity index (χ1n) is 9.41. The standard InChI is InChI=1S/C21H22N6OS/c1-14(16-7-9-17(10-8-16)27-13-22-12-23-27)24-20(28)11-29-15(2)21-25-18-5-3-4-6-19(18)26-21/h3-10,12-15H,11H2,1-2H3,(H,24,28)(H,25,26). The molecule has 2 N–H and O–H groups in total. The number of para-hydroxylation sites is 2. The number of fused-ring (bicyclic) bond motifs is 1. The third kappa shape index (κ3) is 4.48. The van der Waals surface area contributed by atoms with E-state index in [9.17, 15) is 4.79 Å². The zero-order valence-electron chi connectivity index (χ0n) is 16.2. The first-order chi connectivity index (χ1) is 14.1. The van der Waals surface area contributed by atoms with E-state index in [1.165, 1.54) is 6.33 Å². The van der Waals surface area contributed by atoms with Gasteiger partial charge in [0.1, 0.15) is 18.5 Å². The van der Waals surface area contributed by atoms with E-state index in [1.807, 2.05) is 55.5 Å². The van der Waals surface area contributed by atoms with Crippen LogP contribution in [-0.4, -0.2) is 36.4 Å². The van der Waals surface area contributed by atoms with Crippen LogP contribution in [0.2, 0.25) is 0 Å². The summed E-state index contributed by atoms with van der Waals surface area (Å²) in [6, 6.07) is 15.8. The number of carbonyl (C=O) groups is 1. The van der Waals surface area contributed by atoms with Crippen molar-refractivity contribution < 1.29 is 4.79 Å². The van der Waals surface area contributed by atoms with Crippen molar-refractivity contribution in [1.29, 1.82) is 0 Å². The topological polar surface area (TPSA) is 88.5 Å². The van der Waals surface area contributed by atoms with Crippen LogP contribution >= 0.6 is 11.8 Å². The molecule has 0 saturated carbocycles. The predicted octanol–water partition coefficient (Wildman–Crippen LogP) is 3.82. The van der Waals surface area contributed by atoms with Gasteiger partial charge in [-0.25, -0.2) is 14.6 Å². The number of nitrogens with one attached hydrogen (secondary N) is 2. The van der Waals surface area contributed by atoms with Crippen molar-refractivity contribution in [3.63, 3.8) is 0 Å². The molecule has 148 valence electrons. The number of amides is 1. The molecular formula is C21H22N6OS. The maximum absolute atomic E-state index is 12.4. The second-order valence-corrected chi connectivity index (χ2v) is 8.14. The molecule has 7 nitrogen and oxygen atoms in total. The molecule has 1 amide bonds. The highest BCUT2D eigenvalue weighted by molar-refractivity contribution is 8.00. The van der Waals surface area contributed by atoms with Gasteiger partial charge in [0.2, 0.25) is 5.91 Å². The molecule has 0 aliphatic heterocycles. The Hall–Kier alpha value is -3.13. The lowest BCUT2D eigenvalue weighted by atomic mass is 10.1. The van der Waals surface area contributed by atoms with Gasteiger partial charge in [0.15, 0.2) is 0 Å². The first-order valence-corrected chi connectivity index (χ1v) is 10.5. The van der Waals surface area contributed by atoms with Crippen LogP contribution in [0.25, 0.3) is 16.7 Å². The predicted molar refractivity (Wildman–Crippen MR) is 115 cm³/mol. The van der Waals surface area contributed by atoms with E-state index in [0.29, 0.717) is 5.75 Å². The molecule has 4 aromatic rings. The fraction of sp³-hybridized carbons (Fsp3) is 0.238. The zero-order valence-corrected chi connectivity index (χ0v) is 17.1. The molecule has 29 heavy (non-hydrogen) atoms. The Bertz CT molecular complexity index is 1060. The third-order valence-corrected chi connectivity index (χ3v) is 5.86. The molecule has 0 aliphatic rings. The van der Waals surface area contributed by atoms with Gasteiger partial charge in [-0.05, 0) is 43.7 Å². The third-order valence-electron chi connectivity index (χ3n) is 4.71. The van der Waals surface area contributed by atoms with Gasteiger partial charge in [-0.3, -0.25) is 4.79 Å².